The summed E-state index contributed by atoms with van der Waals surface area (Å²) >= 11 is 0. The molecule has 0 bridgehead atoms. The van der Waals surface area contributed by atoms with E-state index >= 15 is 0 Å². The van der Waals surface area contributed by atoms with Crippen LogP contribution in [0.3, 0.4) is 0 Å². The van der Waals surface area contributed by atoms with E-state index in [1.54, 1.807) is 0 Å². The predicted octanol–water partition coefficient (Wildman–Crippen LogP) is 4.87. The highest BCUT2D eigenvalue weighted by molar-refractivity contribution is 5.51. The topological polar surface area (TPSA) is 46.6 Å². The zero-order valence-electron chi connectivity index (χ0n) is 17.0. The van der Waals surface area contributed by atoms with Gasteiger partial charge in [-0.05, 0) is 42.5 Å². The molecule has 2 aromatic rings. The lowest BCUT2D eigenvalue weighted by Crippen LogP contribution is -2.32. The lowest BCUT2D eigenvalue weighted by atomic mass is 10.0. The molecule has 0 saturated heterocycles. The van der Waals surface area contributed by atoms with Gasteiger partial charge in [0.15, 0.2) is 0 Å². The Balaban J connectivity index is 0.000000878. The summed E-state index contributed by atoms with van der Waals surface area (Å²) in [6.07, 6.45) is 6.90. The van der Waals surface area contributed by atoms with E-state index in [0.717, 1.165) is 38.2 Å². The zero-order valence-corrected chi connectivity index (χ0v) is 17.0. The van der Waals surface area contributed by atoms with Crippen molar-refractivity contribution in [3.63, 3.8) is 0 Å². The molecule has 1 aliphatic heterocycles. The minimum absolute atomic E-state index is 0.250. The summed E-state index contributed by atoms with van der Waals surface area (Å²) in [6.45, 7) is 9.42. The Bertz CT molecular complexity index is 822. The third-order valence-electron chi connectivity index (χ3n) is 4.94. The van der Waals surface area contributed by atoms with Gasteiger partial charge in [-0.2, -0.15) is 9.59 Å². The first-order valence-electron chi connectivity index (χ1n) is 9.85. The van der Waals surface area contributed by atoms with E-state index in [1.165, 1.54) is 22.3 Å². The molecule has 0 amide bonds. The van der Waals surface area contributed by atoms with Gasteiger partial charge in [0.25, 0.3) is 0 Å². The van der Waals surface area contributed by atoms with Gasteiger partial charge < -0.3 is 4.74 Å². The van der Waals surface area contributed by atoms with Gasteiger partial charge in [0.2, 0.25) is 0 Å². The molecule has 0 saturated carbocycles. The van der Waals surface area contributed by atoms with Gasteiger partial charge in [-0.15, -0.1) is 0 Å². The fraction of sp³-hybridized carbons (Fsp3) is 0.375. The standard InChI is InChI=1S/C23H29NO.CO2/c1-4-9-18-12-13-19(5-2)21(14-18)16-24-15-20-10-7-8-11-23(20)25-22(6-3)17-24;2-1-3/h4,7-14,22H,5-6,15-17H2,1-3H3;/b9-4+;/t22-;/m1./s1. The van der Waals surface area contributed by atoms with Crippen LogP contribution in [0.5, 0.6) is 5.75 Å². The average Bonchev–Trinajstić information content (AvgIpc) is 2.87. The van der Waals surface area contributed by atoms with Crippen molar-refractivity contribution in [3.8, 4) is 5.75 Å². The van der Waals surface area contributed by atoms with Crippen LogP contribution >= 0.6 is 0 Å². The van der Waals surface area contributed by atoms with Crippen molar-refractivity contribution in [2.75, 3.05) is 6.54 Å². The van der Waals surface area contributed by atoms with E-state index in [4.69, 9.17) is 14.3 Å². The van der Waals surface area contributed by atoms with Crippen LogP contribution in [0.1, 0.15) is 49.4 Å². The lowest BCUT2D eigenvalue weighted by Gasteiger charge is -2.24. The SMILES string of the molecule is C/C=C/c1ccc(CC)c(CN2Cc3ccccc3O[C@H](CC)C2)c1.O=C=O. The maximum Gasteiger partial charge on any atom is 0.373 e. The van der Waals surface area contributed by atoms with E-state index in [2.05, 4.69) is 80.3 Å². The van der Waals surface area contributed by atoms with Crippen LogP contribution < -0.4 is 4.74 Å². The summed E-state index contributed by atoms with van der Waals surface area (Å²) < 4.78 is 6.24. The molecule has 28 heavy (non-hydrogen) atoms. The summed E-state index contributed by atoms with van der Waals surface area (Å²) in [7, 11) is 0. The van der Waals surface area contributed by atoms with Crippen molar-refractivity contribution in [1.29, 1.82) is 0 Å². The Morgan fingerprint density at radius 3 is 2.57 bits per heavy atom. The molecule has 1 aliphatic rings. The smallest absolute Gasteiger partial charge is 0.373 e. The second kappa shape index (κ2) is 11.2. The molecular weight excluding hydrogens is 350 g/mol. The highest BCUT2D eigenvalue weighted by atomic mass is 16.5. The Morgan fingerprint density at radius 2 is 1.89 bits per heavy atom. The van der Waals surface area contributed by atoms with Crippen molar-refractivity contribution in [3.05, 3.63) is 70.8 Å². The number of hydrogen-bond donors (Lipinski definition) is 0. The minimum atomic E-state index is 0.250. The molecule has 0 fully saturated rings. The summed E-state index contributed by atoms with van der Waals surface area (Å²) in [5.41, 5.74) is 5.46. The molecule has 0 spiro atoms. The van der Waals surface area contributed by atoms with Gasteiger partial charge in [-0.25, -0.2) is 0 Å². The molecule has 0 unspecified atom stereocenters. The minimum Gasteiger partial charge on any atom is -0.489 e. The molecule has 2 aromatic carbocycles. The molecule has 1 heterocycles. The molecule has 4 heteroatoms. The summed E-state index contributed by atoms with van der Waals surface area (Å²) in [4.78, 5) is 18.8. The maximum atomic E-state index is 8.12. The Labute approximate surface area is 167 Å². The number of fused-ring (bicyclic) bond motifs is 1. The number of allylic oxidation sites excluding steroid dienone is 1. The van der Waals surface area contributed by atoms with Gasteiger partial charge >= 0.3 is 6.15 Å². The number of para-hydroxylation sites is 1. The van der Waals surface area contributed by atoms with Crippen LogP contribution in [0.2, 0.25) is 0 Å². The van der Waals surface area contributed by atoms with Crippen LogP contribution in [-0.2, 0) is 29.1 Å². The fourth-order valence-corrected chi connectivity index (χ4v) is 3.57. The number of aryl methyl sites for hydroxylation is 1. The third-order valence-corrected chi connectivity index (χ3v) is 4.94. The van der Waals surface area contributed by atoms with Crippen LogP contribution in [0, 0.1) is 0 Å². The predicted molar refractivity (Wildman–Crippen MR) is 111 cm³/mol. The van der Waals surface area contributed by atoms with Crippen LogP contribution in [-0.4, -0.2) is 23.7 Å². The Hall–Kier alpha value is -2.68. The molecule has 0 radical (unpaired) electrons. The van der Waals surface area contributed by atoms with Gasteiger partial charge in [-0.1, -0.05) is 62.4 Å². The zero-order chi connectivity index (χ0) is 20.4. The average molecular weight is 380 g/mol. The van der Waals surface area contributed by atoms with Crippen LogP contribution in [0.4, 0.5) is 0 Å². The van der Waals surface area contributed by atoms with Gasteiger partial charge in [0.05, 0.1) is 0 Å². The molecular formula is C24H29NO3. The highest BCUT2D eigenvalue weighted by Crippen LogP contribution is 2.27. The number of rotatable bonds is 5. The number of carbonyl (C=O) groups excluding carboxylic acids is 2. The molecule has 4 nitrogen and oxygen atoms in total. The quantitative estimate of drug-likeness (QED) is 0.743. The normalized spacial score (nSPS) is 16.3. The fourth-order valence-electron chi connectivity index (χ4n) is 3.57. The maximum absolute atomic E-state index is 8.12. The Kier molecular flexibility index (Phi) is 8.67. The van der Waals surface area contributed by atoms with Crippen LogP contribution in [0.15, 0.2) is 48.5 Å². The van der Waals surface area contributed by atoms with Crippen molar-refractivity contribution >= 4 is 12.2 Å². The van der Waals surface area contributed by atoms with Crippen LogP contribution in [0.25, 0.3) is 6.08 Å². The van der Waals surface area contributed by atoms with Crippen molar-refractivity contribution < 1.29 is 14.3 Å². The van der Waals surface area contributed by atoms with E-state index in [-0.39, 0.29) is 12.3 Å². The second-order valence-electron chi connectivity index (χ2n) is 6.89. The Morgan fingerprint density at radius 1 is 1.14 bits per heavy atom. The molecule has 0 aliphatic carbocycles. The van der Waals surface area contributed by atoms with Gasteiger partial charge in [0.1, 0.15) is 11.9 Å². The number of hydrogen-bond acceptors (Lipinski definition) is 4. The first-order valence-corrected chi connectivity index (χ1v) is 9.85. The molecule has 148 valence electrons. The van der Waals surface area contributed by atoms with Crippen molar-refractivity contribution in [2.45, 2.75) is 52.8 Å². The van der Waals surface area contributed by atoms with Gasteiger partial charge in [-0.3, -0.25) is 4.90 Å². The summed E-state index contributed by atoms with van der Waals surface area (Å²) in [5.74, 6) is 1.05. The summed E-state index contributed by atoms with van der Waals surface area (Å²) in [5, 5.41) is 0. The monoisotopic (exact) mass is 379 g/mol. The van der Waals surface area contributed by atoms with E-state index < -0.39 is 0 Å². The van der Waals surface area contributed by atoms with E-state index in [9.17, 15) is 0 Å². The molecule has 3 rings (SSSR count). The largest absolute Gasteiger partial charge is 0.489 e. The lowest BCUT2D eigenvalue weighted by molar-refractivity contribution is -0.191. The number of benzene rings is 2. The first-order chi connectivity index (χ1) is 13.6. The van der Waals surface area contributed by atoms with E-state index in [1.807, 2.05) is 0 Å². The third kappa shape index (κ3) is 5.91. The molecule has 0 aromatic heterocycles. The van der Waals surface area contributed by atoms with E-state index in [0.29, 0.717) is 0 Å². The number of ether oxygens (including phenoxy) is 1. The van der Waals surface area contributed by atoms with Crippen molar-refractivity contribution in [1.82, 2.24) is 4.90 Å². The molecule has 1 atom stereocenters. The molecule has 0 N–H and O–H groups in total. The second-order valence-corrected chi connectivity index (χ2v) is 6.89. The van der Waals surface area contributed by atoms with Crippen molar-refractivity contribution in [2.24, 2.45) is 0 Å². The number of nitrogens with zero attached hydrogens (tertiary/aromatic N) is 1. The highest BCUT2D eigenvalue weighted by Gasteiger charge is 2.22. The van der Waals surface area contributed by atoms with Gasteiger partial charge in [0, 0.05) is 25.2 Å². The summed E-state index contributed by atoms with van der Waals surface area (Å²) in [6, 6.07) is 15.3. The first kappa shape index (κ1) is 21.6.